The number of aromatic nitrogens is 2. The molecule has 28 heavy (non-hydrogen) atoms. The van der Waals surface area contributed by atoms with Crippen LogP contribution in [-0.2, 0) is 6.54 Å². The number of aryl methyl sites for hydroxylation is 1. The molecule has 4 aromatic rings. The number of aromatic amines is 1. The van der Waals surface area contributed by atoms with Gasteiger partial charge < -0.3 is 10.3 Å². The average Bonchev–Trinajstić information content (AvgIpc) is 3.09. The van der Waals surface area contributed by atoms with E-state index >= 15 is 0 Å². The van der Waals surface area contributed by atoms with E-state index in [0.717, 1.165) is 56.2 Å². The molecule has 0 unspecified atom stereocenters. The van der Waals surface area contributed by atoms with Crippen molar-refractivity contribution in [3.05, 3.63) is 94.1 Å². The van der Waals surface area contributed by atoms with Crippen LogP contribution >= 0.6 is 23.2 Å². The van der Waals surface area contributed by atoms with Crippen LogP contribution in [0.25, 0.3) is 22.6 Å². The fraction of sp³-hybridized carbons (Fsp3) is 0.0870. The maximum Gasteiger partial charge on any atom is 0.138 e. The van der Waals surface area contributed by atoms with Gasteiger partial charge in [0.15, 0.2) is 0 Å². The number of nitrogens with zero attached hydrogens (tertiary/aromatic N) is 1. The number of hydrogen-bond donors (Lipinski definition) is 2. The standard InChI is InChI=1S/C23H19Cl2N3/c1-15-22(17-5-9-19(24)10-6-17)28-23(27-15)18-7-11-21(12-8-18)26-14-16-3-2-4-20(25)13-16/h2-13,26H,14H2,1H3,(H,27,28). The highest BCUT2D eigenvalue weighted by molar-refractivity contribution is 6.30. The van der Waals surface area contributed by atoms with Crippen molar-refractivity contribution in [1.29, 1.82) is 0 Å². The van der Waals surface area contributed by atoms with E-state index in [2.05, 4.69) is 40.6 Å². The molecule has 5 heteroatoms. The Balaban J connectivity index is 1.49. The lowest BCUT2D eigenvalue weighted by Gasteiger charge is -2.07. The fourth-order valence-corrected chi connectivity index (χ4v) is 3.42. The van der Waals surface area contributed by atoms with E-state index in [9.17, 15) is 0 Å². The zero-order chi connectivity index (χ0) is 19.5. The van der Waals surface area contributed by atoms with Crippen LogP contribution in [0.5, 0.6) is 0 Å². The Morgan fingerprint density at radius 1 is 0.857 bits per heavy atom. The van der Waals surface area contributed by atoms with Crippen molar-refractivity contribution in [2.24, 2.45) is 0 Å². The van der Waals surface area contributed by atoms with Gasteiger partial charge in [-0.05, 0) is 61.0 Å². The molecule has 3 nitrogen and oxygen atoms in total. The van der Waals surface area contributed by atoms with Gasteiger partial charge in [-0.15, -0.1) is 0 Å². The summed E-state index contributed by atoms with van der Waals surface area (Å²) in [6.45, 7) is 2.75. The molecule has 0 spiro atoms. The highest BCUT2D eigenvalue weighted by atomic mass is 35.5. The lowest BCUT2D eigenvalue weighted by molar-refractivity contribution is 1.15. The van der Waals surface area contributed by atoms with Gasteiger partial charge in [-0.25, -0.2) is 4.98 Å². The van der Waals surface area contributed by atoms with E-state index in [1.807, 2.05) is 49.4 Å². The summed E-state index contributed by atoms with van der Waals surface area (Å²) in [5.41, 5.74) is 6.24. The molecule has 0 aliphatic heterocycles. The van der Waals surface area contributed by atoms with Crippen molar-refractivity contribution >= 4 is 28.9 Å². The third-order valence-electron chi connectivity index (χ3n) is 4.55. The van der Waals surface area contributed by atoms with Crippen LogP contribution in [0.4, 0.5) is 5.69 Å². The van der Waals surface area contributed by atoms with E-state index in [4.69, 9.17) is 28.2 Å². The molecule has 0 fully saturated rings. The number of imidazole rings is 1. The van der Waals surface area contributed by atoms with E-state index in [0.29, 0.717) is 0 Å². The first kappa shape index (κ1) is 18.6. The molecule has 2 N–H and O–H groups in total. The number of H-pyrrole nitrogens is 1. The Bertz CT molecular complexity index is 1080. The molecule has 140 valence electrons. The second kappa shape index (κ2) is 8.09. The smallest absolute Gasteiger partial charge is 0.138 e. The van der Waals surface area contributed by atoms with Crippen molar-refractivity contribution in [3.8, 4) is 22.6 Å². The number of benzene rings is 3. The van der Waals surface area contributed by atoms with E-state index in [1.54, 1.807) is 0 Å². The third-order valence-corrected chi connectivity index (χ3v) is 5.03. The van der Waals surface area contributed by atoms with Gasteiger partial charge in [0.2, 0.25) is 0 Å². The second-order valence-electron chi connectivity index (χ2n) is 6.63. The number of rotatable bonds is 5. The number of anilines is 1. The van der Waals surface area contributed by atoms with Crippen molar-refractivity contribution in [2.75, 3.05) is 5.32 Å². The number of halogens is 2. The molecule has 3 aromatic carbocycles. The van der Waals surface area contributed by atoms with E-state index in [1.165, 1.54) is 0 Å². The molecular weight excluding hydrogens is 389 g/mol. The Morgan fingerprint density at radius 2 is 1.57 bits per heavy atom. The summed E-state index contributed by atoms with van der Waals surface area (Å²) in [7, 11) is 0. The topological polar surface area (TPSA) is 40.7 Å². The summed E-state index contributed by atoms with van der Waals surface area (Å²) in [4.78, 5) is 8.16. The number of nitrogens with one attached hydrogen (secondary N) is 2. The molecule has 0 aliphatic carbocycles. The van der Waals surface area contributed by atoms with Gasteiger partial charge in [-0.2, -0.15) is 0 Å². The zero-order valence-corrected chi connectivity index (χ0v) is 16.9. The van der Waals surface area contributed by atoms with Crippen molar-refractivity contribution < 1.29 is 0 Å². The molecular formula is C23H19Cl2N3. The van der Waals surface area contributed by atoms with Gasteiger partial charge in [-0.3, -0.25) is 0 Å². The van der Waals surface area contributed by atoms with Crippen LogP contribution in [0.1, 0.15) is 11.3 Å². The Morgan fingerprint density at radius 3 is 2.29 bits per heavy atom. The summed E-state index contributed by atoms with van der Waals surface area (Å²) in [6.07, 6.45) is 0. The second-order valence-corrected chi connectivity index (χ2v) is 7.50. The molecule has 1 aromatic heterocycles. The monoisotopic (exact) mass is 407 g/mol. The van der Waals surface area contributed by atoms with Crippen LogP contribution in [0.2, 0.25) is 10.0 Å². The summed E-state index contributed by atoms with van der Waals surface area (Å²) in [5, 5.41) is 4.88. The lowest BCUT2D eigenvalue weighted by Crippen LogP contribution is -1.99. The highest BCUT2D eigenvalue weighted by Gasteiger charge is 2.10. The fourth-order valence-electron chi connectivity index (χ4n) is 3.08. The van der Waals surface area contributed by atoms with Gasteiger partial charge >= 0.3 is 0 Å². The SMILES string of the molecule is Cc1[nH]c(-c2ccc(NCc3cccc(Cl)c3)cc2)nc1-c1ccc(Cl)cc1. The van der Waals surface area contributed by atoms with Crippen LogP contribution in [0.15, 0.2) is 72.8 Å². The van der Waals surface area contributed by atoms with Gasteiger partial charge in [0.05, 0.1) is 5.69 Å². The first-order chi connectivity index (χ1) is 13.6. The van der Waals surface area contributed by atoms with Gasteiger partial charge in [0.1, 0.15) is 5.82 Å². The predicted molar refractivity (Wildman–Crippen MR) is 118 cm³/mol. The van der Waals surface area contributed by atoms with Crippen molar-refractivity contribution in [1.82, 2.24) is 9.97 Å². The molecule has 0 atom stereocenters. The third kappa shape index (κ3) is 4.22. The van der Waals surface area contributed by atoms with Gasteiger partial charge in [0.25, 0.3) is 0 Å². The molecule has 0 radical (unpaired) electrons. The summed E-state index contributed by atoms with van der Waals surface area (Å²) >= 11 is 12.0. The quantitative estimate of drug-likeness (QED) is 0.374. The highest BCUT2D eigenvalue weighted by Crippen LogP contribution is 2.27. The first-order valence-corrected chi connectivity index (χ1v) is 9.75. The molecule has 0 saturated heterocycles. The average molecular weight is 408 g/mol. The lowest BCUT2D eigenvalue weighted by atomic mass is 10.1. The number of hydrogen-bond acceptors (Lipinski definition) is 2. The Labute approximate surface area is 174 Å². The molecule has 0 saturated carbocycles. The maximum absolute atomic E-state index is 6.04. The Kier molecular flexibility index (Phi) is 5.38. The van der Waals surface area contributed by atoms with Crippen molar-refractivity contribution in [2.45, 2.75) is 13.5 Å². The van der Waals surface area contributed by atoms with Crippen LogP contribution in [0, 0.1) is 6.92 Å². The molecule has 4 rings (SSSR count). The van der Waals surface area contributed by atoms with Crippen molar-refractivity contribution in [3.63, 3.8) is 0 Å². The van der Waals surface area contributed by atoms with E-state index < -0.39 is 0 Å². The van der Waals surface area contributed by atoms with Crippen LogP contribution < -0.4 is 5.32 Å². The Hall–Kier alpha value is -2.75. The largest absolute Gasteiger partial charge is 0.381 e. The minimum Gasteiger partial charge on any atom is -0.381 e. The van der Waals surface area contributed by atoms with Crippen LogP contribution in [-0.4, -0.2) is 9.97 Å². The molecule has 0 bridgehead atoms. The summed E-state index contributed by atoms with van der Waals surface area (Å²) < 4.78 is 0. The van der Waals surface area contributed by atoms with Gasteiger partial charge in [-0.1, -0.05) is 47.5 Å². The van der Waals surface area contributed by atoms with E-state index in [-0.39, 0.29) is 0 Å². The van der Waals surface area contributed by atoms with Gasteiger partial charge in [0, 0.05) is 39.1 Å². The summed E-state index contributed by atoms with van der Waals surface area (Å²) in [5.74, 6) is 0.851. The zero-order valence-electron chi connectivity index (χ0n) is 15.3. The minimum atomic E-state index is 0.720. The van der Waals surface area contributed by atoms with Crippen LogP contribution in [0.3, 0.4) is 0 Å². The summed E-state index contributed by atoms with van der Waals surface area (Å²) in [6, 6.07) is 23.8. The molecule has 0 amide bonds. The molecule has 1 heterocycles. The minimum absolute atomic E-state index is 0.720. The normalized spacial score (nSPS) is 10.8. The predicted octanol–water partition coefficient (Wildman–Crippen LogP) is 6.97. The first-order valence-electron chi connectivity index (χ1n) is 9.00. The maximum atomic E-state index is 6.04. The molecule has 0 aliphatic rings.